The molecular weight excluding hydrogens is 473 g/mol. The minimum Gasteiger partial charge on any atom is -0.497 e. The third-order valence-electron chi connectivity index (χ3n) is 2.80. The van der Waals surface area contributed by atoms with Crippen LogP contribution in [0.4, 0.5) is 5.69 Å². The molecule has 0 saturated heterocycles. The Morgan fingerprint density at radius 1 is 1.17 bits per heavy atom. The van der Waals surface area contributed by atoms with Crippen LogP contribution >= 0.6 is 39.9 Å². The van der Waals surface area contributed by atoms with Gasteiger partial charge in [-0.05, 0) is 36.4 Å². The summed E-state index contributed by atoms with van der Waals surface area (Å²) in [7, 11) is 1.62. The highest BCUT2D eigenvalue weighted by Gasteiger charge is 1.98. The van der Waals surface area contributed by atoms with E-state index in [1.165, 1.54) is 0 Å². The number of hydrogen-bond acceptors (Lipinski definition) is 3. The molecule has 3 N–H and O–H groups in total. The second kappa shape index (κ2) is 10.3. The Hall–Kier alpha value is -1.48. The Bertz CT molecular complexity index is 635. The van der Waals surface area contributed by atoms with Gasteiger partial charge in [0.2, 0.25) is 0 Å². The number of nitrogens with two attached hydrogens (primary N) is 1. The van der Waals surface area contributed by atoms with Crippen molar-refractivity contribution in [1.82, 2.24) is 0 Å². The fourth-order valence-corrected chi connectivity index (χ4v) is 2.01. The molecule has 0 atom stereocenters. The van der Waals surface area contributed by atoms with Crippen LogP contribution in [0.25, 0.3) is 0 Å². The maximum Gasteiger partial charge on any atom is 0.193 e. The van der Waals surface area contributed by atoms with Gasteiger partial charge in [-0.15, -0.1) is 24.0 Å². The van der Waals surface area contributed by atoms with Crippen LogP contribution in [-0.2, 0) is 0 Å². The number of hydrogen-bond donors (Lipinski definition) is 2. The normalized spacial score (nSPS) is 10.6. The minimum absolute atomic E-state index is 0. The topological polar surface area (TPSA) is 68.9 Å². The van der Waals surface area contributed by atoms with Gasteiger partial charge in [0.1, 0.15) is 18.1 Å². The van der Waals surface area contributed by atoms with E-state index in [1.807, 2.05) is 48.5 Å². The molecule has 0 aliphatic rings. The molecule has 0 spiro atoms. The Morgan fingerprint density at radius 3 is 2.61 bits per heavy atom. The van der Waals surface area contributed by atoms with Crippen LogP contribution in [0.5, 0.6) is 11.5 Å². The first-order valence-corrected chi connectivity index (χ1v) is 7.56. The Morgan fingerprint density at radius 2 is 1.91 bits per heavy atom. The molecule has 0 bridgehead atoms. The van der Waals surface area contributed by atoms with E-state index in [1.54, 1.807) is 7.11 Å². The van der Waals surface area contributed by atoms with Crippen molar-refractivity contribution < 1.29 is 9.47 Å². The van der Waals surface area contributed by atoms with Crippen LogP contribution in [0, 0.1) is 0 Å². The number of rotatable bonds is 6. The molecular formula is C16H19BrIN3O2. The van der Waals surface area contributed by atoms with Crippen LogP contribution in [0.1, 0.15) is 0 Å². The van der Waals surface area contributed by atoms with Crippen molar-refractivity contribution in [1.29, 1.82) is 0 Å². The highest BCUT2D eigenvalue weighted by molar-refractivity contribution is 14.0. The van der Waals surface area contributed by atoms with E-state index in [2.05, 4.69) is 26.2 Å². The van der Waals surface area contributed by atoms with E-state index >= 15 is 0 Å². The average Bonchev–Trinajstić information content (AvgIpc) is 2.53. The molecule has 7 heteroatoms. The Kier molecular flexibility index (Phi) is 8.78. The summed E-state index contributed by atoms with van der Waals surface area (Å²) in [5.41, 5.74) is 6.66. The lowest BCUT2D eigenvalue weighted by molar-refractivity contribution is 0.328. The first kappa shape index (κ1) is 19.6. The molecule has 0 aliphatic carbocycles. The fourth-order valence-electron chi connectivity index (χ4n) is 1.75. The van der Waals surface area contributed by atoms with Crippen molar-refractivity contribution in [2.75, 3.05) is 25.6 Å². The molecule has 0 aromatic heterocycles. The highest BCUT2D eigenvalue weighted by atomic mass is 127. The van der Waals surface area contributed by atoms with Gasteiger partial charge in [0.05, 0.1) is 13.7 Å². The molecule has 0 fully saturated rings. The van der Waals surface area contributed by atoms with Gasteiger partial charge >= 0.3 is 0 Å². The zero-order chi connectivity index (χ0) is 15.8. The second-order valence-corrected chi connectivity index (χ2v) is 5.34. The van der Waals surface area contributed by atoms with E-state index in [9.17, 15) is 0 Å². The molecule has 23 heavy (non-hydrogen) atoms. The zero-order valence-corrected chi connectivity index (χ0v) is 16.6. The zero-order valence-electron chi connectivity index (χ0n) is 12.7. The van der Waals surface area contributed by atoms with Crippen molar-refractivity contribution in [3.63, 3.8) is 0 Å². The quantitative estimate of drug-likeness (QED) is 0.278. The Balaban J connectivity index is 0.00000264. The lowest BCUT2D eigenvalue weighted by atomic mass is 10.3. The second-order valence-electron chi connectivity index (χ2n) is 4.43. The molecule has 2 rings (SSSR count). The first-order chi connectivity index (χ1) is 10.7. The smallest absolute Gasteiger partial charge is 0.193 e. The molecule has 124 valence electrons. The van der Waals surface area contributed by atoms with Crippen LogP contribution in [0.2, 0.25) is 0 Å². The molecule has 0 radical (unpaired) electrons. The molecule has 0 amide bonds. The molecule has 0 heterocycles. The molecule has 2 aromatic rings. The van der Waals surface area contributed by atoms with Crippen molar-refractivity contribution in [2.45, 2.75) is 0 Å². The van der Waals surface area contributed by atoms with Crippen LogP contribution < -0.4 is 20.5 Å². The monoisotopic (exact) mass is 491 g/mol. The standard InChI is InChI=1S/C16H18BrN3O2.HI/c1-21-15-4-2-3-13(11-15)20-16(18)19-9-10-22-14-7-5-12(17)6-8-14;/h2-8,11H,9-10H2,1H3,(H3,18,19,20);1H. The molecule has 0 aliphatic heterocycles. The number of anilines is 1. The van der Waals surface area contributed by atoms with E-state index in [4.69, 9.17) is 15.2 Å². The van der Waals surface area contributed by atoms with Gasteiger partial charge in [-0.3, -0.25) is 0 Å². The number of ether oxygens (including phenoxy) is 2. The van der Waals surface area contributed by atoms with Gasteiger partial charge in [0.25, 0.3) is 0 Å². The van der Waals surface area contributed by atoms with Gasteiger partial charge in [-0.25, -0.2) is 4.99 Å². The summed E-state index contributed by atoms with van der Waals surface area (Å²) >= 11 is 3.38. The number of halogens is 2. The summed E-state index contributed by atoms with van der Waals surface area (Å²) in [5, 5.41) is 3.01. The van der Waals surface area contributed by atoms with E-state index in [0.29, 0.717) is 19.1 Å². The number of benzene rings is 2. The van der Waals surface area contributed by atoms with E-state index in [-0.39, 0.29) is 24.0 Å². The summed E-state index contributed by atoms with van der Waals surface area (Å²) in [6, 6.07) is 15.1. The number of guanidine groups is 1. The van der Waals surface area contributed by atoms with Crippen LogP contribution in [0.15, 0.2) is 58.0 Å². The van der Waals surface area contributed by atoms with Crippen molar-refractivity contribution in [2.24, 2.45) is 10.7 Å². The SMILES string of the molecule is COc1cccc(NC(N)=NCCOc2ccc(Br)cc2)c1.I. The van der Waals surface area contributed by atoms with Gasteiger partial charge in [-0.2, -0.15) is 0 Å². The maximum absolute atomic E-state index is 5.83. The molecule has 5 nitrogen and oxygen atoms in total. The van der Waals surface area contributed by atoms with Gasteiger partial charge in [-0.1, -0.05) is 22.0 Å². The maximum atomic E-state index is 5.83. The predicted octanol–water partition coefficient (Wildman–Crippen LogP) is 3.88. The van der Waals surface area contributed by atoms with E-state index < -0.39 is 0 Å². The lowest BCUT2D eigenvalue weighted by Gasteiger charge is -2.08. The third kappa shape index (κ3) is 7.08. The third-order valence-corrected chi connectivity index (χ3v) is 3.33. The summed E-state index contributed by atoms with van der Waals surface area (Å²) in [6.45, 7) is 0.932. The molecule has 0 unspecified atom stereocenters. The fraction of sp³-hybridized carbons (Fsp3) is 0.188. The van der Waals surface area contributed by atoms with E-state index in [0.717, 1.165) is 21.7 Å². The molecule has 2 aromatic carbocycles. The lowest BCUT2D eigenvalue weighted by Crippen LogP contribution is -2.23. The van der Waals surface area contributed by atoms with Crippen molar-refractivity contribution in [3.05, 3.63) is 53.0 Å². The summed E-state index contributed by atoms with van der Waals surface area (Å²) in [4.78, 5) is 4.22. The Labute approximate surface area is 161 Å². The summed E-state index contributed by atoms with van der Waals surface area (Å²) in [6.07, 6.45) is 0. The predicted molar refractivity (Wildman–Crippen MR) is 108 cm³/mol. The number of nitrogens with zero attached hydrogens (tertiary/aromatic N) is 1. The minimum atomic E-state index is 0. The molecule has 0 saturated carbocycles. The van der Waals surface area contributed by atoms with Crippen molar-refractivity contribution in [3.8, 4) is 11.5 Å². The van der Waals surface area contributed by atoms with Gasteiger partial charge < -0.3 is 20.5 Å². The van der Waals surface area contributed by atoms with Gasteiger partial charge in [0, 0.05) is 16.2 Å². The van der Waals surface area contributed by atoms with Crippen LogP contribution in [-0.4, -0.2) is 26.2 Å². The average molecular weight is 492 g/mol. The largest absolute Gasteiger partial charge is 0.497 e. The highest BCUT2D eigenvalue weighted by Crippen LogP contribution is 2.17. The number of methoxy groups -OCH3 is 1. The number of nitrogens with one attached hydrogen (secondary N) is 1. The van der Waals surface area contributed by atoms with Crippen LogP contribution in [0.3, 0.4) is 0 Å². The van der Waals surface area contributed by atoms with Gasteiger partial charge in [0.15, 0.2) is 5.96 Å². The van der Waals surface area contributed by atoms with Crippen molar-refractivity contribution >= 4 is 51.6 Å². The number of aliphatic imine (C=N–C) groups is 1. The first-order valence-electron chi connectivity index (χ1n) is 6.77. The summed E-state index contributed by atoms with van der Waals surface area (Å²) < 4.78 is 11.7. The summed E-state index contributed by atoms with van der Waals surface area (Å²) in [5.74, 6) is 1.90.